The maximum absolute atomic E-state index is 5.36. The quantitative estimate of drug-likeness (QED) is 0.773. The van der Waals surface area contributed by atoms with Gasteiger partial charge in [0.25, 0.3) is 0 Å². The Morgan fingerprint density at radius 2 is 2.05 bits per heavy atom. The standard InChI is InChI=1S/C14H23N7O/c1-3-13-17-14(22-18-13)12(2)20-7-4-19(5-8-20)6-9-21-11-15-10-16-21/h10-12H,3-9H2,1-2H3. The van der Waals surface area contributed by atoms with Gasteiger partial charge in [0.1, 0.15) is 12.7 Å². The van der Waals surface area contributed by atoms with Gasteiger partial charge in [-0.25, -0.2) is 4.98 Å². The normalized spacial score (nSPS) is 18.6. The highest BCUT2D eigenvalue weighted by Gasteiger charge is 2.25. The van der Waals surface area contributed by atoms with Crippen molar-refractivity contribution in [2.75, 3.05) is 32.7 Å². The van der Waals surface area contributed by atoms with E-state index in [1.54, 1.807) is 12.7 Å². The first-order chi connectivity index (χ1) is 10.8. The summed E-state index contributed by atoms with van der Waals surface area (Å²) >= 11 is 0. The molecular weight excluding hydrogens is 282 g/mol. The third-order valence-electron chi connectivity index (χ3n) is 4.22. The van der Waals surface area contributed by atoms with Crippen LogP contribution in [0.3, 0.4) is 0 Å². The average Bonchev–Trinajstić information content (AvgIpc) is 3.24. The minimum atomic E-state index is 0.185. The molecule has 0 amide bonds. The average molecular weight is 305 g/mol. The Bertz CT molecular complexity index is 560. The van der Waals surface area contributed by atoms with E-state index in [1.807, 2.05) is 11.6 Å². The maximum Gasteiger partial charge on any atom is 0.243 e. The summed E-state index contributed by atoms with van der Waals surface area (Å²) in [4.78, 5) is 13.3. The summed E-state index contributed by atoms with van der Waals surface area (Å²) in [7, 11) is 0. The van der Waals surface area contributed by atoms with E-state index in [0.717, 1.165) is 57.4 Å². The van der Waals surface area contributed by atoms with Gasteiger partial charge in [0, 0.05) is 39.1 Å². The molecule has 1 atom stereocenters. The van der Waals surface area contributed by atoms with Crippen molar-refractivity contribution in [1.29, 1.82) is 0 Å². The summed E-state index contributed by atoms with van der Waals surface area (Å²) < 4.78 is 7.23. The van der Waals surface area contributed by atoms with E-state index in [4.69, 9.17) is 4.52 Å². The monoisotopic (exact) mass is 305 g/mol. The van der Waals surface area contributed by atoms with Crippen LogP contribution in [0.15, 0.2) is 17.2 Å². The molecule has 22 heavy (non-hydrogen) atoms. The first-order valence-electron chi connectivity index (χ1n) is 7.87. The summed E-state index contributed by atoms with van der Waals surface area (Å²) in [5.41, 5.74) is 0. The minimum absolute atomic E-state index is 0.185. The van der Waals surface area contributed by atoms with Crippen molar-refractivity contribution < 1.29 is 4.52 Å². The molecule has 2 aromatic heterocycles. The van der Waals surface area contributed by atoms with E-state index in [2.05, 4.69) is 36.9 Å². The van der Waals surface area contributed by atoms with Crippen LogP contribution in [0.2, 0.25) is 0 Å². The second kappa shape index (κ2) is 6.97. The van der Waals surface area contributed by atoms with Crippen LogP contribution in [0.25, 0.3) is 0 Å². The Morgan fingerprint density at radius 3 is 2.68 bits per heavy atom. The van der Waals surface area contributed by atoms with Gasteiger partial charge < -0.3 is 4.52 Å². The van der Waals surface area contributed by atoms with Crippen LogP contribution in [-0.2, 0) is 13.0 Å². The van der Waals surface area contributed by atoms with Gasteiger partial charge in [0.15, 0.2) is 5.82 Å². The first kappa shape index (κ1) is 15.1. The predicted octanol–water partition coefficient (Wildman–Crippen LogP) is 0.602. The summed E-state index contributed by atoms with van der Waals surface area (Å²) in [6.45, 7) is 10.2. The molecule has 0 aliphatic carbocycles. The minimum Gasteiger partial charge on any atom is -0.338 e. The number of aromatic nitrogens is 5. The molecule has 1 aliphatic heterocycles. The third kappa shape index (κ3) is 3.50. The molecule has 0 radical (unpaired) electrons. The molecule has 0 aromatic carbocycles. The van der Waals surface area contributed by atoms with Gasteiger partial charge in [0.2, 0.25) is 5.89 Å². The summed E-state index contributed by atoms with van der Waals surface area (Å²) in [5, 5.41) is 8.12. The Kier molecular flexibility index (Phi) is 4.79. The number of piperazine rings is 1. The van der Waals surface area contributed by atoms with Crippen LogP contribution in [0, 0.1) is 0 Å². The predicted molar refractivity (Wildman–Crippen MR) is 80.1 cm³/mol. The zero-order valence-corrected chi connectivity index (χ0v) is 13.2. The molecule has 1 saturated heterocycles. The van der Waals surface area contributed by atoms with Gasteiger partial charge in [0.05, 0.1) is 12.6 Å². The Morgan fingerprint density at radius 1 is 1.23 bits per heavy atom. The van der Waals surface area contributed by atoms with Crippen LogP contribution < -0.4 is 0 Å². The van der Waals surface area contributed by atoms with Gasteiger partial charge in [-0.3, -0.25) is 14.5 Å². The zero-order valence-electron chi connectivity index (χ0n) is 13.2. The summed E-state index contributed by atoms with van der Waals surface area (Å²) in [6.07, 6.45) is 4.15. The SMILES string of the molecule is CCc1noc(C(C)N2CCN(CCn3cncn3)CC2)n1. The van der Waals surface area contributed by atoms with E-state index in [0.29, 0.717) is 0 Å². The van der Waals surface area contributed by atoms with E-state index < -0.39 is 0 Å². The molecule has 1 fully saturated rings. The molecule has 1 aliphatic rings. The highest BCUT2D eigenvalue weighted by molar-refractivity contribution is 4.93. The van der Waals surface area contributed by atoms with E-state index in [1.165, 1.54) is 0 Å². The Balaban J connectivity index is 1.46. The summed E-state index contributed by atoms with van der Waals surface area (Å²) in [6, 6.07) is 0.185. The van der Waals surface area contributed by atoms with Gasteiger partial charge in [-0.05, 0) is 6.92 Å². The summed E-state index contributed by atoms with van der Waals surface area (Å²) in [5.74, 6) is 1.52. The lowest BCUT2D eigenvalue weighted by molar-refractivity contribution is 0.0858. The fourth-order valence-electron chi connectivity index (χ4n) is 2.70. The second-order valence-electron chi connectivity index (χ2n) is 5.61. The van der Waals surface area contributed by atoms with Gasteiger partial charge in [-0.15, -0.1) is 0 Å². The lowest BCUT2D eigenvalue weighted by Gasteiger charge is -2.36. The van der Waals surface area contributed by atoms with E-state index in [-0.39, 0.29) is 6.04 Å². The molecule has 0 N–H and O–H groups in total. The fraction of sp³-hybridized carbons (Fsp3) is 0.714. The molecular formula is C14H23N7O. The highest BCUT2D eigenvalue weighted by Crippen LogP contribution is 2.20. The van der Waals surface area contributed by atoms with Crippen molar-refractivity contribution in [1.82, 2.24) is 34.7 Å². The van der Waals surface area contributed by atoms with Crippen molar-refractivity contribution in [2.45, 2.75) is 32.9 Å². The lowest BCUT2D eigenvalue weighted by atomic mass is 10.2. The van der Waals surface area contributed by atoms with Gasteiger partial charge in [-0.1, -0.05) is 12.1 Å². The molecule has 1 unspecified atom stereocenters. The smallest absolute Gasteiger partial charge is 0.243 e. The van der Waals surface area contributed by atoms with Gasteiger partial charge >= 0.3 is 0 Å². The molecule has 0 bridgehead atoms. The van der Waals surface area contributed by atoms with Crippen molar-refractivity contribution in [2.24, 2.45) is 0 Å². The number of hydrogen-bond acceptors (Lipinski definition) is 7. The topological polar surface area (TPSA) is 76.1 Å². The largest absolute Gasteiger partial charge is 0.338 e. The van der Waals surface area contributed by atoms with Crippen molar-refractivity contribution in [3.05, 3.63) is 24.4 Å². The number of nitrogens with zero attached hydrogens (tertiary/aromatic N) is 7. The van der Waals surface area contributed by atoms with Crippen molar-refractivity contribution in [3.63, 3.8) is 0 Å². The third-order valence-corrected chi connectivity index (χ3v) is 4.22. The van der Waals surface area contributed by atoms with Crippen LogP contribution in [0.5, 0.6) is 0 Å². The molecule has 120 valence electrons. The number of aryl methyl sites for hydroxylation is 1. The van der Waals surface area contributed by atoms with E-state index in [9.17, 15) is 0 Å². The molecule has 8 heteroatoms. The maximum atomic E-state index is 5.36. The molecule has 3 rings (SSSR count). The highest BCUT2D eigenvalue weighted by atomic mass is 16.5. The van der Waals surface area contributed by atoms with Crippen molar-refractivity contribution in [3.8, 4) is 0 Å². The van der Waals surface area contributed by atoms with Crippen LogP contribution in [0.4, 0.5) is 0 Å². The molecule has 0 spiro atoms. The Hall–Kier alpha value is -1.80. The lowest BCUT2D eigenvalue weighted by Crippen LogP contribution is -2.47. The number of hydrogen-bond donors (Lipinski definition) is 0. The van der Waals surface area contributed by atoms with Crippen LogP contribution >= 0.6 is 0 Å². The second-order valence-corrected chi connectivity index (χ2v) is 5.61. The molecule has 0 saturated carbocycles. The molecule has 3 heterocycles. The van der Waals surface area contributed by atoms with Crippen molar-refractivity contribution >= 4 is 0 Å². The first-order valence-corrected chi connectivity index (χ1v) is 7.87. The van der Waals surface area contributed by atoms with Gasteiger partial charge in [-0.2, -0.15) is 10.1 Å². The molecule has 2 aromatic rings. The zero-order chi connectivity index (χ0) is 15.4. The van der Waals surface area contributed by atoms with E-state index >= 15 is 0 Å². The van der Waals surface area contributed by atoms with Crippen LogP contribution in [-0.4, -0.2) is 67.4 Å². The van der Waals surface area contributed by atoms with Crippen LogP contribution in [0.1, 0.15) is 31.6 Å². The number of rotatable bonds is 6. The molecule has 8 nitrogen and oxygen atoms in total. The Labute approximate surface area is 130 Å². The fourth-order valence-corrected chi connectivity index (χ4v) is 2.70.